The summed E-state index contributed by atoms with van der Waals surface area (Å²) in [6.07, 6.45) is 0.971. The molecule has 0 aliphatic carbocycles. The van der Waals surface area contributed by atoms with E-state index in [1.807, 2.05) is 0 Å². The third-order valence-electron chi connectivity index (χ3n) is 3.16. The van der Waals surface area contributed by atoms with Gasteiger partial charge in [-0.05, 0) is 6.92 Å². The number of non-ortho nitro benzene ring substituents is 1. The van der Waals surface area contributed by atoms with Gasteiger partial charge in [-0.15, -0.1) is 0 Å². The Balaban J connectivity index is 2.97. The number of nitrogens with one attached hydrogen (secondary N) is 1. The molecule has 1 aromatic heterocycles. The Labute approximate surface area is 133 Å². The summed E-state index contributed by atoms with van der Waals surface area (Å²) in [5, 5.41) is 21.8. The smallest absolute Gasteiger partial charge is 0.343 e. The summed E-state index contributed by atoms with van der Waals surface area (Å²) in [4.78, 5) is 47.2. The van der Waals surface area contributed by atoms with Gasteiger partial charge in [0.1, 0.15) is 16.5 Å². The second-order valence-electron chi connectivity index (χ2n) is 4.46. The van der Waals surface area contributed by atoms with Gasteiger partial charge in [0.2, 0.25) is 11.2 Å². The lowest BCUT2D eigenvalue weighted by Crippen LogP contribution is -2.19. The Hall–Kier alpha value is -3.50. The summed E-state index contributed by atoms with van der Waals surface area (Å²) in [6.45, 7) is 1.53. The molecule has 2 aromatic rings. The number of fused-ring (bicyclic) bond motifs is 1. The van der Waals surface area contributed by atoms with Crippen molar-refractivity contribution in [2.24, 2.45) is 0 Å². The molecule has 0 saturated carbocycles. The maximum Gasteiger partial charge on any atom is 0.343 e. The van der Waals surface area contributed by atoms with E-state index in [1.165, 1.54) is 6.92 Å². The largest absolute Gasteiger partial charge is 0.489 e. The quantitative estimate of drug-likeness (QED) is 0.489. The van der Waals surface area contributed by atoms with E-state index in [0.717, 1.165) is 13.3 Å². The molecule has 0 aliphatic heterocycles. The topological polar surface area (TPSA) is 155 Å². The van der Waals surface area contributed by atoms with Crippen molar-refractivity contribution in [2.75, 3.05) is 13.7 Å². The van der Waals surface area contributed by atoms with Crippen LogP contribution in [0.15, 0.2) is 17.1 Å². The number of H-pyrrole nitrogens is 1. The van der Waals surface area contributed by atoms with Crippen LogP contribution in [-0.4, -0.2) is 34.5 Å². The predicted molar refractivity (Wildman–Crippen MR) is 80.4 cm³/mol. The Morgan fingerprint density at radius 3 is 2.38 bits per heavy atom. The van der Waals surface area contributed by atoms with Gasteiger partial charge >= 0.3 is 11.7 Å². The van der Waals surface area contributed by atoms with Crippen LogP contribution in [0, 0.1) is 20.2 Å². The van der Waals surface area contributed by atoms with E-state index < -0.39 is 43.6 Å². The van der Waals surface area contributed by atoms with Crippen LogP contribution >= 0.6 is 0 Å². The second-order valence-corrected chi connectivity index (χ2v) is 4.46. The van der Waals surface area contributed by atoms with Gasteiger partial charge < -0.3 is 14.5 Å². The molecule has 0 spiro atoms. The Bertz CT molecular complexity index is 918. The molecule has 0 amide bonds. The fourth-order valence-corrected chi connectivity index (χ4v) is 2.20. The first-order valence-electron chi connectivity index (χ1n) is 6.55. The third kappa shape index (κ3) is 2.62. The number of esters is 1. The number of carbonyl (C=O) groups is 1. The van der Waals surface area contributed by atoms with Crippen LogP contribution in [0.1, 0.15) is 17.3 Å². The van der Waals surface area contributed by atoms with Gasteiger partial charge in [0.15, 0.2) is 0 Å². The van der Waals surface area contributed by atoms with E-state index in [1.54, 1.807) is 0 Å². The highest BCUT2D eigenvalue weighted by Crippen LogP contribution is 2.38. The molecule has 1 N–H and O–H groups in total. The van der Waals surface area contributed by atoms with Crippen molar-refractivity contribution in [2.45, 2.75) is 6.92 Å². The molecule has 11 heteroatoms. The summed E-state index contributed by atoms with van der Waals surface area (Å²) >= 11 is 0. The minimum atomic E-state index is -0.984. The summed E-state index contributed by atoms with van der Waals surface area (Å²) in [6, 6.07) is 0.616. The van der Waals surface area contributed by atoms with Crippen molar-refractivity contribution in [3.05, 3.63) is 48.3 Å². The highest BCUT2D eigenvalue weighted by Gasteiger charge is 2.30. The molecule has 0 bridgehead atoms. The monoisotopic (exact) mass is 337 g/mol. The second kappa shape index (κ2) is 6.32. The number of rotatable bonds is 5. The summed E-state index contributed by atoms with van der Waals surface area (Å²) in [5.74, 6) is -1.32. The zero-order valence-electron chi connectivity index (χ0n) is 12.5. The number of ether oxygens (including phenoxy) is 2. The first-order valence-corrected chi connectivity index (χ1v) is 6.55. The zero-order chi connectivity index (χ0) is 18.0. The predicted octanol–water partition coefficient (Wildman–Crippen LogP) is 1.53. The molecule has 0 atom stereocenters. The highest BCUT2D eigenvalue weighted by molar-refractivity contribution is 6.00. The van der Waals surface area contributed by atoms with Crippen LogP contribution < -0.4 is 10.2 Å². The third-order valence-corrected chi connectivity index (χ3v) is 3.16. The number of pyridine rings is 1. The average Bonchev–Trinajstić information content (AvgIpc) is 2.53. The fraction of sp³-hybridized carbons (Fsp3) is 0.231. The number of aromatic nitrogens is 1. The molecule has 11 nitrogen and oxygen atoms in total. The first kappa shape index (κ1) is 16.9. The normalized spacial score (nSPS) is 10.4. The van der Waals surface area contributed by atoms with Crippen molar-refractivity contribution in [3.63, 3.8) is 0 Å². The lowest BCUT2D eigenvalue weighted by molar-refractivity contribution is -0.393. The van der Waals surface area contributed by atoms with Crippen molar-refractivity contribution in [1.82, 2.24) is 4.98 Å². The minimum Gasteiger partial charge on any atom is -0.489 e. The number of carbonyl (C=O) groups excluding carboxylic acids is 1. The van der Waals surface area contributed by atoms with Crippen molar-refractivity contribution in [1.29, 1.82) is 0 Å². The number of nitro benzene ring substituents is 2. The number of hydrogen-bond acceptors (Lipinski definition) is 8. The van der Waals surface area contributed by atoms with Gasteiger partial charge in [0.05, 0.1) is 29.6 Å². The molecule has 1 heterocycles. The van der Waals surface area contributed by atoms with Crippen molar-refractivity contribution < 1.29 is 24.1 Å². The van der Waals surface area contributed by atoms with Crippen LogP contribution in [0.25, 0.3) is 10.9 Å². The van der Waals surface area contributed by atoms with Gasteiger partial charge in [-0.25, -0.2) is 4.79 Å². The van der Waals surface area contributed by atoms with Gasteiger partial charge in [0, 0.05) is 6.20 Å². The van der Waals surface area contributed by atoms with E-state index in [0.29, 0.717) is 6.07 Å². The number of nitro groups is 2. The van der Waals surface area contributed by atoms with E-state index in [9.17, 15) is 29.8 Å². The lowest BCUT2D eigenvalue weighted by Gasteiger charge is -2.08. The summed E-state index contributed by atoms with van der Waals surface area (Å²) in [5.41, 5.74) is -3.19. The van der Waals surface area contributed by atoms with E-state index in [2.05, 4.69) is 4.98 Å². The maximum absolute atomic E-state index is 12.5. The standard InChI is InChI=1S/C13H11N3O8/c1-3-24-13(18)6-5-14-10-9(11(6)17)7(15(19)20)4-8(16(21)22)12(10)23-2/h4-5H,3H2,1-2H3,(H,14,17). The average molecular weight is 337 g/mol. The molecular weight excluding hydrogens is 326 g/mol. The number of aromatic amines is 1. The first-order chi connectivity index (χ1) is 11.3. The zero-order valence-corrected chi connectivity index (χ0v) is 12.5. The van der Waals surface area contributed by atoms with Crippen LogP contribution in [0.5, 0.6) is 5.75 Å². The van der Waals surface area contributed by atoms with Gasteiger partial charge in [0.25, 0.3) is 5.69 Å². The van der Waals surface area contributed by atoms with Gasteiger partial charge in [-0.3, -0.25) is 25.0 Å². The number of benzene rings is 1. The van der Waals surface area contributed by atoms with Crippen LogP contribution in [0.3, 0.4) is 0 Å². The van der Waals surface area contributed by atoms with Crippen LogP contribution in [-0.2, 0) is 4.74 Å². The molecule has 1 aromatic carbocycles. The lowest BCUT2D eigenvalue weighted by atomic mass is 10.1. The number of hydrogen-bond donors (Lipinski definition) is 1. The Morgan fingerprint density at radius 1 is 1.25 bits per heavy atom. The molecule has 126 valence electrons. The molecular formula is C13H11N3O8. The van der Waals surface area contributed by atoms with E-state index in [-0.39, 0.29) is 17.9 Å². The number of nitrogens with zero attached hydrogens (tertiary/aromatic N) is 2. The molecule has 0 radical (unpaired) electrons. The summed E-state index contributed by atoms with van der Waals surface area (Å²) in [7, 11) is 1.12. The summed E-state index contributed by atoms with van der Waals surface area (Å²) < 4.78 is 9.62. The van der Waals surface area contributed by atoms with Crippen LogP contribution in [0.4, 0.5) is 11.4 Å². The minimum absolute atomic E-state index is 0.00197. The maximum atomic E-state index is 12.5. The molecule has 24 heavy (non-hydrogen) atoms. The Kier molecular flexibility index (Phi) is 4.44. The molecule has 2 rings (SSSR count). The SMILES string of the molecule is CCOC(=O)c1c[nH]c2c(OC)c([N+](=O)[O-])cc([N+](=O)[O-])c2c1=O. The molecule has 0 unspecified atom stereocenters. The van der Waals surface area contributed by atoms with Gasteiger partial charge in [-0.1, -0.05) is 0 Å². The molecule has 0 saturated heterocycles. The van der Waals surface area contributed by atoms with Crippen LogP contribution in [0.2, 0.25) is 0 Å². The molecule has 0 fully saturated rings. The van der Waals surface area contributed by atoms with Crippen molar-refractivity contribution in [3.8, 4) is 5.75 Å². The van der Waals surface area contributed by atoms with Crippen molar-refractivity contribution >= 4 is 28.2 Å². The Morgan fingerprint density at radius 2 is 1.88 bits per heavy atom. The van der Waals surface area contributed by atoms with Gasteiger partial charge in [-0.2, -0.15) is 0 Å². The van der Waals surface area contributed by atoms with E-state index in [4.69, 9.17) is 9.47 Å². The molecule has 0 aliphatic rings. The van der Waals surface area contributed by atoms with E-state index >= 15 is 0 Å². The number of methoxy groups -OCH3 is 1. The highest BCUT2D eigenvalue weighted by atomic mass is 16.6. The fourth-order valence-electron chi connectivity index (χ4n) is 2.20.